The van der Waals surface area contributed by atoms with E-state index < -0.39 is 0 Å². The fourth-order valence-corrected chi connectivity index (χ4v) is 3.92. The molecular formula is C17H27NO. The average Bonchev–Trinajstić information content (AvgIpc) is 2.70. The highest BCUT2D eigenvalue weighted by atomic mass is 16.3. The summed E-state index contributed by atoms with van der Waals surface area (Å²) >= 11 is 0. The van der Waals surface area contributed by atoms with Crippen LogP contribution in [0.5, 0.6) is 5.75 Å². The molecule has 0 amide bonds. The van der Waals surface area contributed by atoms with Crippen LogP contribution in [0.2, 0.25) is 0 Å². The molecule has 2 nitrogen and oxygen atoms in total. The van der Waals surface area contributed by atoms with Gasteiger partial charge in [-0.25, -0.2) is 0 Å². The number of rotatable bonds is 5. The van der Waals surface area contributed by atoms with Crippen molar-refractivity contribution < 1.29 is 5.11 Å². The Morgan fingerprint density at radius 2 is 2.11 bits per heavy atom. The fraction of sp³-hybridized carbons (Fsp3) is 0.647. The zero-order valence-corrected chi connectivity index (χ0v) is 12.5. The van der Waals surface area contributed by atoms with Gasteiger partial charge in [0.15, 0.2) is 0 Å². The van der Waals surface area contributed by atoms with E-state index >= 15 is 0 Å². The summed E-state index contributed by atoms with van der Waals surface area (Å²) in [6.45, 7) is 5.71. The van der Waals surface area contributed by atoms with Gasteiger partial charge in [-0.05, 0) is 50.6 Å². The lowest BCUT2D eigenvalue weighted by Crippen LogP contribution is -2.41. The molecule has 0 spiro atoms. The molecule has 1 saturated heterocycles. The predicted molar refractivity (Wildman–Crippen MR) is 80.6 cm³/mol. The van der Waals surface area contributed by atoms with Crippen LogP contribution in [-0.4, -0.2) is 29.6 Å². The second kappa shape index (κ2) is 5.96. The quantitative estimate of drug-likeness (QED) is 0.868. The van der Waals surface area contributed by atoms with Crippen molar-refractivity contribution in [3.63, 3.8) is 0 Å². The second-order valence-corrected chi connectivity index (χ2v) is 5.99. The number of likely N-dealkylation sites (tertiary alicyclic amines) is 1. The van der Waals surface area contributed by atoms with Gasteiger partial charge in [-0.1, -0.05) is 38.8 Å². The van der Waals surface area contributed by atoms with Gasteiger partial charge in [-0.2, -0.15) is 0 Å². The van der Waals surface area contributed by atoms with E-state index in [4.69, 9.17) is 0 Å². The van der Waals surface area contributed by atoms with Gasteiger partial charge in [-0.15, -0.1) is 0 Å². The molecule has 0 saturated carbocycles. The normalized spacial score (nSPS) is 27.8. The maximum Gasteiger partial charge on any atom is 0.115 e. The van der Waals surface area contributed by atoms with Crippen molar-refractivity contribution in [2.24, 2.45) is 0 Å². The van der Waals surface area contributed by atoms with Crippen LogP contribution in [0.1, 0.15) is 51.5 Å². The molecule has 1 aliphatic heterocycles. The number of phenolic OH excluding ortho intramolecular Hbond substituents is 1. The maximum absolute atomic E-state index is 9.82. The highest BCUT2D eigenvalue weighted by Gasteiger charge is 2.45. The van der Waals surface area contributed by atoms with Gasteiger partial charge in [0, 0.05) is 11.5 Å². The molecule has 1 aromatic carbocycles. The number of aromatic hydroxyl groups is 1. The van der Waals surface area contributed by atoms with Crippen LogP contribution in [-0.2, 0) is 5.41 Å². The Hall–Kier alpha value is -1.02. The van der Waals surface area contributed by atoms with Crippen LogP contribution in [0.25, 0.3) is 0 Å². The first-order valence-electron chi connectivity index (χ1n) is 7.63. The van der Waals surface area contributed by atoms with Crippen molar-refractivity contribution in [2.45, 2.75) is 57.4 Å². The number of benzene rings is 1. The Labute approximate surface area is 117 Å². The molecule has 0 aliphatic carbocycles. The molecule has 2 unspecified atom stereocenters. The van der Waals surface area contributed by atoms with E-state index in [0.29, 0.717) is 11.8 Å². The number of phenols is 1. The Bertz CT molecular complexity index is 413. The Morgan fingerprint density at radius 3 is 2.74 bits per heavy atom. The summed E-state index contributed by atoms with van der Waals surface area (Å²) in [4.78, 5) is 2.52. The molecule has 1 N–H and O–H groups in total. The van der Waals surface area contributed by atoms with E-state index in [1.165, 1.54) is 44.2 Å². The smallest absolute Gasteiger partial charge is 0.115 e. The number of hydrogen-bond donors (Lipinski definition) is 1. The Balaban J connectivity index is 2.41. The molecule has 106 valence electrons. The van der Waals surface area contributed by atoms with Crippen LogP contribution < -0.4 is 0 Å². The van der Waals surface area contributed by atoms with Crippen molar-refractivity contribution in [3.8, 4) is 5.75 Å². The summed E-state index contributed by atoms with van der Waals surface area (Å²) in [6, 6.07) is 8.56. The van der Waals surface area contributed by atoms with E-state index in [-0.39, 0.29) is 5.41 Å². The van der Waals surface area contributed by atoms with Gasteiger partial charge >= 0.3 is 0 Å². The molecule has 2 atom stereocenters. The van der Waals surface area contributed by atoms with Crippen molar-refractivity contribution in [2.75, 3.05) is 13.6 Å². The van der Waals surface area contributed by atoms with Crippen LogP contribution in [0.4, 0.5) is 0 Å². The summed E-state index contributed by atoms with van der Waals surface area (Å²) in [5.74, 6) is 0.401. The topological polar surface area (TPSA) is 23.5 Å². The first-order valence-corrected chi connectivity index (χ1v) is 7.63. The first kappa shape index (κ1) is 14.4. The zero-order chi connectivity index (χ0) is 13.9. The molecule has 1 aromatic rings. The van der Waals surface area contributed by atoms with E-state index in [0.717, 1.165) is 0 Å². The summed E-state index contributed by atoms with van der Waals surface area (Å²) in [7, 11) is 2.25. The second-order valence-electron chi connectivity index (χ2n) is 5.99. The SMILES string of the molecule is CCCC1N(C)CCC1(CCC)c1cccc(O)c1. The fourth-order valence-electron chi connectivity index (χ4n) is 3.92. The van der Waals surface area contributed by atoms with Crippen molar-refractivity contribution in [1.29, 1.82) is 0 Å². The summed E-state index contributed by atoms with van der Waals surface area (Å²) in [5, 5.41) is 9.82. The standard InChI is InChI=1S/C17H27NO/c1-4-7-16-17(10-5-2,11-12-18(16)3)14-8-6-9-15(19)13-14/h6,8-9,13,16,19H,4-5,7,10-12H2,1-3H3. The molecule has 19 heavy (non-hydrogen) atoms. The Kier molecular flexibility index (Phi) is 4.51. The number of likely N-dealkylation sites (N-methyl/N-ethyl adjacent to an activating group) is 1. The van der Waals surface area contributed by atoms with Crippen LogP contribution in [0, 0.1) is 0 Å². The average molecular weight is 261 g/mol. The monoisotopic (exact) mass is 261 g/mol. The minimum atomic E-state index is 0.234. The number of hydrogen-bond acceptors (Lipinski definition) is 2. The molecule has 0 aromatic heterocycles. The van der Waals surface area contributed by atoms with E-state index in [9.17, 15) is 5.11 Å². The first-order chi connectivity index (χ1) is 9.14. The van der Waals surface area contributed by atoms with Gasteiger partial charge in [0.05, 0.1) is 0 Å². The zero-order valence-electron chi connectivity index (χ0n) is 12.5. The minimum absolute atomic E-state index is 0.234. The summed E-state index contributed by atoms with van der Waals surface area (Å²) in [6.07, 6.45) is 6.09. The number of nitrogens with zero attached hydrogens (tertiary/aromatic N) is 1. The Morgan fingerprint density at radius 1 is 1.32 bits per heavy atom. The molecule has 2 rings (SSSR count). The third kappa shape index (κ3) is 2.64. The van der Waals surface area contributed by atoms with Gasteiger partial charge < -0.3 is 10.0 Å². The van der Waals surface area contributed by atoms with E-state index in [2.05, 4.69) is 31.9 Å². The third-order valence-corrected chi connectivity index (χ3v) is 4.76. The molecular weight excluding hydrogens is 234 g/mol. The van der Waals surface area contributed by atoms with Crippen molar-refractivity contribution in [3.05, 3.63) is 29.8 Å². The molecule has 0 radical (unpaired) electrons. The van der Waals surface area contributed by atoms with E-state index in [1.54, 1.807) is 6.07 Å². The van der Waals surface area contributed by atoms with Crippen molar-refractivity contribution >= 4 is 0 Å². The van der Waals surface area contributed by atoms with Crippen molar-refractivity contribution in [1.82, 2.24) is 4.90 Å². The predicted octanol–water partition coefficient (Wildman–Crippen LogP) is 3.93. The van der Waals surface area contributed by atoms with Crippen LogP contribution >= 0.6 is 0 Å². The molecule has 0 bridgehead atoms. The van der Waals surface area contributed by atoms with Crippen LogP contribution in [0.15, 0.2) is 24.3 Å². The van der Waals surface area contributed by atoms with Crippen LogP contribution in [0.3, 0.4) is 0 Å². The van der Waals surface area contributed by atoms with Gasteiger partial charge in [0.2, 0.25) is 0 Å². The lowest BCUT2D eigenvalue weighted by molar-refractivity contribution is 0.216. The molecule has 1 heterocycles. The molecule has 2 heteroatoms. The van der Waals surface area contributed by atoms with Gasteiger partial charge in [0.1, 0.15) is 5.75 Å². The minimum Gasteiger partial charge on any atom is -0.508 e. The largest absolute Gasteiger partial charge is 0.508 e. The third-order valence-electron chi connectivity index (χ3n) is 4.76. The van der Waals surface area contributed by atoms with E-state index in [1.807, 2.05) is 12.1 Å². The molecule has 1 fully saturated rings. The summed E-state index contributed by atoms with van der Waals surface area (Å²) in [5.41, 5.74) is 1.57. The highest BCUT2D eigenvalue weighted by molar-refractivity contribution is 5.36. The lowest BCUT2D eigenvalue weighted by atomic mass is 9.70. The maximum atomic E-state index is 9.82. The molecule has 1 aliphatic rings. The highest BCUT2D eigenvalue weighted by Crippen LogP contribution is 2.45. The lowest BCUT2D eigenvalue weighted by Gasteiger charge is -2.38. The summed E-state index contributed by atoms with van der Waals surface area (Å²) < 4.78 is 0. The van der Waals surface area contributed by atoms with Gasteiger partial charge in [-0.3, -0.25) is 0 Å². The van der Waals surface area contributed by atoms with Gasteiger partial charge in [0.25, 0.3) is 0 Å².